The third kappa shape index (κ3) is 2.08. The number of halogens is 2. The highest BCUT2D eigenvalue weighted by atomic mass is 79.9. The van der Waals surface area contributed by atoms with E-state index < -0.39 is 5.97 Å². The number of carbonyl (C=O) groups is 1. The number of pyridine rings is 1. The average molecular weight is 317 g/mol. The van der Waals surface area contributed by atoms with E-state index in [2.05, 4.69) is 20.9 Å². The Morgan fingerprint density at radius 2 is 2.24 bits per heavy atom. The molecule has 1 aromatic heterocycles. The van der Waals surface area contributed by atoms with Crippen molar-refractivity contribution in [2.45, 2.75) is 0 Å². The molecule has 2 rings (SSSR count). The molecule has 0 unspecified atom stereocenters. The smallest absolute Gasteiger partial charge is 0.354 e. The minimum Gasteiger partial charge on any atom is -0.496 e. The minimum atomic E-state index is -1.11. The Bertz CT molecular complexity index is 615. The zero-order valence-corrected chi connectivity index (χ0v) is 11.0. The topological polar surface area (TPSA) is 59.4 Å². The summed E-state index contributed by atoms with van der Waals surface area (Å²) in [4.78, 5) is 15.0. The standard InChI is InChI=1S/C11H7BrClNO3/c1-17-8-4-7(11(15)16)14-10-5(8)2-3-6(13)9(10)12/h2-4H,1H3,(H,15,16). The molecular formula is C11H7BrClNO3. The maximum Gasteiger partial charge on any atom is 0.354 e. The van der Waals surface area contributed by atoms with Crippen molar-refractivity contribution >= 4 is 44.4 Å². The van der Waals surface area contributed by atoms with Crippen LogP contribution in [0, 0.1) is 0 Å². The van der Waals surface area contributed by atoms with Gasteiger partial charge in [-0.2, -0.15) is 0 Å². The zero-order chi connectivity index (χ0) is 12.6. The van der Waals surface area contributed by atoms with E-state index in [1.54, 1.807) is 12.1 Å². The van der Waals surface area contributed by atoms with E-state index in [-0.39, 0.29) is 5.69 Å². The Labute approximate surface area is 110 Å². The normalized spacial score (nSPS) is 10.5. The second-order valence-electron chi connectivity index (χ2n) is 3.27. The molecule has 0 aliphatic heterocycles. The molecule has 1 N–H and O–H groups in total. The lowest BCUT2D eigenvalue weighted by molar-refractivity contribution is 0.0690. The summed E-state index contributed by atoms with van der Waals surface area (Å²) >= 11 is 9.22. The van der Waals surface area contributed by atoms with Crippen LogP contribution in [0.15, 0.2) is 22.7 Å². The summed E-state index contributed by atoms with van der Waals surface area (Å²) in [6.45, 7) is 0. The number of aromatic nitrogens is 1. The van der Waals surface area contributed by atoms with Crippen LogP contribution in [0.2, 0.25) is 5.02 Å². The number of carboxylic acids is 1. The number of aromatic carboxylic acids is 1. The van der Waals surface area contributed by atoms with Gasteiger partial charge in [0.2, 0.25) is 0 Å². The maximum absolute atomic E-state index is 10.9. The number of methoxy groups -OCH3 is 1. The first-order valence-electron chi connectivity index (χ1n) is 4.60. The van der Waals surface area contributed by atoms with Gasteiger partial charge in [0, 0.05) is 11.5 Å². The molecule has 88 valence electrons. The van der Waals surface area contributed by atoms with Crippen LogP contribution >= 0.6 is 27.5 Å². The van der Waals surface area contributed by atoms with Crippen molar-refractivity contribution in [1.82, 2.24) is 4.98 Å². The van der Waals surface area contributed by atoms with Crippen molar-refractivity contribution in [3.8, 4) is 5.75 Å². The van der Waals surface area contributed by atoms with Crippen molar-refractivity contribution in [2.75, 3.05) is 7.11 Å². The Balaban J connectivity index is 2.88. The van der Waals surface area contributed by atoms with Crippen LogP contribution in [-0.4, -0.2) is 23.2 Å². The lowest BCUT2D eigenvalue weighted by Crippen LogP contribution is -2.02. The van der Waals surface area contributed by atoms with Crippen LogP contribution in [0.4, 0.5) is 0 Å². The van der Waals surface area contributed by atoms with Crippen molar-refractivity contribution in [2.24, 2.45) is 0 Å². The van der Waals surface area contributed by atoms with Gasteiger partial charge < -0.3 is 9.84 Å². The van der Waals surface area contributed by atoms with Crippen LogP contribution in [0.1, 0.15) is 10.5 Å². The van der Waals surface area contributed by atoms with E-state index in [0.29, 0.717) is 26.1 Å². The summed E-state index contributed by atoms with van der Waals surface area (Å²) in [7, 11) is 1.48. The minimum absolute atomic E-state index is 0.0858. The molecule has 6 heteroatoms. The zero-order valence-electron chi connectivity index (χ0n) is 8.70. The van der Waals surface area contributed by atoms with Crippen molar-refractivity contribution in [3.05, 3.63) is 33.4 Å². The molecule has 4 nitrogen and oxygen atoms in total. The highest BCUT2D eigenvalue weighted by Gasteiger charge is 2.14. The lowest BCUT2D eigenvalue weighted by atomic mass is 10.2. The molecule has 0 amide bonds. The average Bonchev–Trinajstić information content (AvgIpc) is 2.32. The number of hydrogen-bond donors (Lipinski definition) is 1. The fourth-order valence-corrected chi connectivity index (χ4v) is 2.07. The van der Waals surface area contributed by atoms with E-state index in [0.717, 1.165) is 0 Å². The Hall–Kier alpha value is -1.33. The van der Waals surface area contributed by atoms with Gasteiger partial charge in [0.05, 0.1) is 22.1 Å². The van der Waals surface area contributed by atoms with Gasteiger partial charge in [-0.1, -0.05) is 11.6 Å². The summed E-state index contributed by atoms with van der Waals surface area (Å²) in [5.74, 6) is -0.665. The number of ether oxygens (including phenoxy) is 1. The summed E-state index contributed by atoms with van der Waals surface area (Å²) in [6, 6.07) is 4.81. The molecule has 0 aliphatic carbocycles. The summed E-state index contributed by atoms with van der Waals surface area (Å²) in [6.07, 6.45) is 0. The molecule has 0 saturated heterocycles. The number of hydrogen-bond acceptors (Lipinski definition) is 3. The Kier molecular flexibility index (Phi) is 3.22. The molecule has 0 radical (unpaired) electrons. The van der Waals surface area contributed by atoms with E-state index in [4.69, 9.17) is 21.4 Å². The fourth-order valence-electron chi connectivity index (χ4n) is 1.48. The second kappa shape index (κ2) is 4.50. The molecule has 1 heterocycles. The molecule has 1 aromatic carbocycles. The van der Waals surface area contributed by atoms with Crippen LogP contribution < -0.4 is 4.74 Å². The van der Waals surface area contributed by atoms with Crippen LogP contribution in [-0.2, 0) is 0 Å². The molecule has 17 heavy (non-hydrogen) atoms. The number of fused-ring (bicyclic) bond motifs is 1. The molecule has 0 bridgehead atoms. The van der Waals surface area contributed by atoms with Crippen LogP contribution in [0.3, 0.4) is 0 Å². The van der Waals surface area contributed by atoms with Gasteiger partial charge >= 0.3 is 5.97 Å². The first-order chi connectivity index (χ1) is 8.04. The number of nitrogens with zero attached hydrogens (tertiary/aromatic N) is 1. The second-order valence-corrected chi connectivity index (χ2v) is 4.47. The number of rotatable bonds is 2. The van der Waals surface area contributed by atoms with Crippen LogP contribution in [0.5, 0.6) is 5.75 Å². The molecule has 2 aromatic rings. The summed E-state index contributed by atoms with van der Waals surface area (Å²) in [5.41, 5.74) is 0.381. The molecule has 0 atom stereocenters. The Morgan fingerprint density at radius 3 is 2.82 bits per heavy atom. The Morgan fingerprint density at radius 1 is 1.53 bits per heavy atom. The summed E-state index contributed by atoms with van der Waals surface area (Å²) < 4.78 is 5.70. The fraction of sp³-hybridized carbons (Fsp3) is 0.0909. The quantitative estimate of drug-likeness (QED) is 0.923. The maximum atomic E-state index is 10.9. The third-order valence-corrected chi connectivity index (χ3v) is 3.62. The predicted molar refractivity (Wildman–Crippen MR) is 68.0 cm³/mol. The molecular weight excluding hydrogens is 309 g/mol. The van der Waals surface area contributed by atoms with Gasteiger partial charge in [0.1, 0.15) is 5.75 Å². The SMILES string of the molecule is COc1cc(C(=O)O)nc2c(Br)c(Cl)ccc12. The van der Waals surface area contributed by atoms with Crippen molar-refractivity contribution in [1.29, 1.82) is 0 Å². The molecule has 0 fully saturated rings. The molecule has 0 saturated carbocycles. The monoisotopic (exact) mass is 315 g/mol. The van der Waals surface area contributed by atoms with Gasteiger partial charge in [-0.3, -0.25) is 0 Å². The first kappa shape index (κ1) is 12.1. The van der Waals surface area contributed by atoms with E-state index in [1.165, 1.54) is 13.2 Å². The van der Waals surface area contributed by atoms with Crippen molar-refractivity contribution < 1.29 is 14.6 Å². The number of carboxylic acid groups (broad SMARTS) is 1. The van der Waals surface area contributed by atoms with Crippen molar-refractivity contribution in [3.63, 3.8) is 0 Å². The lowest BCUT2D eigenvalue weighted by Gasteiger charge is -2.08. The third-order valence-electron chi connectivity index (χ3n) is 2.27. The van der Waals surface area contributed by atoms with E-state index in [9.17, 15) is 4.79 Å². The molecule has 0 spiro atoms. The highest BCUT2D eigenvalue weighted by Crippen LogP contribution is 2.34. The van der Waals surface area contributed by atoms with Gasteiger partial charge in [0.25, 0.3) is 0 Å². The predicted octanol–water partition coefficient (Wildman–Crippen LogP) is 3.36. The first-order valence-corrected chi connectivity index (χ1v) is 5.77. The highest BCUT2D eigenvalue weighted by molar-refractivity contribution is 9.10. The molecule has 0 aliphatic rings. The largest absolute Gasteiger partial charge is 0.496 e. The van der Waals surface area contributed by atoms with Gasteiger partial charge in [-0.25, -0.2) is 9.78 Å². The summed E-state index contributed by atoms with van der Waals surface area (Å²) in [5, 5.41) is 10.1. The van der Waals surface area contributed by atoms with Gasteiger partial charge in [-0.05, 0) is 28.1 Å². The van der Waals surface area contributed by atoms with E-state index >= 15 is 0 Å². The van der Waals surface area contributed by atoms with Gasteiger partial charge in [0.15, 0.2) is 5.69 Å². The van der Waals surface area contributed by atoms with E-state index in [1.807, 2.05) is 0 Å². The number of benzene rings is 1. The van der Waals surface area contributed by atoms with Gasteiger partial charge in [-0.15, -0.1) is 0 Å². The van der Waals surface area contributed by atoms with Crippen LogP contribution in [0.25, 0.3) is 10.9 Å².